The monoisotopic (exact) mass is 293 g/mol. The van der Waals surface area contributed by atoms with Gasteiger partial charge in [0, 0.05) is 25.0 Å². The second kappa shape index (κ2) is 6.34. The third-order valence-corrected chi connectivity index (χ3v) is 5.41. The van der Waals surface area contributed by atoms with Crippen LogP contribution in [0, 0.1) is 11.8 Å². The van der Waals surface area contributed by atoms with Crippen molar-refractivity contribution in [3.63, 3.8) is 0 Å². The lowest BCUT2D eigenvalue weighted by Gasteiger charge is -2.31. The van der Waals surface area contributed by atoms with Gasteiger partial charge in [-0.1, -0.05) is 19.8 Å². The fourth-order valence-electron chi connectivity index (χ4n) is 4.01. The third kappa shape index (κ3) is 3.23. The zero-order valence-corrected chi connectivity index (χ0v) is 12.9. The molecule has 21 heavy (non-hydrogen) atoms. The van der Waals surface area contributed by atoms with E-state index in [9.17, 15) is 9.59 Å². The predicted octanol–water partition coefficient (Wildman–Crippen LogP) is 0.892. The molecular formula is C16H27N3O2. The van der Waals surface area contributed by atoms with Crippen molar-refractivity contribution >= 4 is 11.8 Å². The Kier molecular flexibility index (Phi) is 4.48. The van der Waals surface area contributed by atoms with Gasteiger partial charge in [0.25, 0.3) is 0 Å². The largest absolute Gasteiger partial charge is 0.353 e. The van der Waals surface area contributed by atoms with Gasteiger partial charge in [-0.25, -0.2) is 0 Å². The molecule has 3 atom stereocenters. The van der Waals surface area contributed by atoms with Gasteiger partial charge in [0.15, 0.2) is 0 Å². The Morgan fingerprint density at radius 3 is 2.76 bits per heavy atom. The van der Waals surface area contributed by atoms with E-state index in [4.69, 9.17) is 0 Å². The SMILES string of the molecule is CC1CNCCC1NC(=O)C1CC(=O)N(C2CCCC2)C1. The minimum Gasteiger partial charge on any atom is -0.353 e. The zero-order valence-electron chi connectivity index (χ0n) is 12.9. The van der Waals surface area contributed by atoms with E-state index in [1.54, 1.807) is 0 Å². The highest BCUT2D eigenvalue weighted by Gasteiger charge is 2.39. The van der Waals surface area contributed by atoms with Crippen LogP contribution in [0.25, 0.3) is 0 Å². The van der Waals surface area contributed by atoms with E-state index >= 15 is 0 Å². The summed E-state index contributed by atoms with van der Waals surface area (Å²) in [7, 11) is 0. The maximum absolute atomic E-state index is 12.5. The van der Waals surface area contributed by atoms with Gasteiger partial charge in [0.05, 0.1) is 5.92 Å². The number of amides is 2. The number of nitrogens with one attached hydrogen (secondary N) is 2. The molecule has 118 valence electrons. The molecule has 5 nitrogen and oxygen atoms in total. The first-order valence-electron chi connectivity index (χ1n) is 8.45. The van der Waals surface area contributed by atoms with E-state index in [1.165, 1.54) is 12.8 Å². The summed E-state index contributed by atoms with van der Waals surface area (Å²) in [6.07, 6.45) is 6.06. The molecule has 3 rings (SSSR count). The van der Waals surface area contributed by atoms with Gasteiger partial charge < -0.3 is 15.5 Å². The molecule has 3 fully saturated rings. The van der Waals surface area contributed by atoms with Crippen LogP contribution >= 0.6 is 0 Å². The fourth-order valence-corrected chi connectivity index (χ4v) is 4.01. The van der Waals surface area contributed by atoms with Crippen LogP contribution in [0.15, 0.2) is 0 Å². The summed E-state index contributed by atoms with van der Waals surface area (Å²) < 4.78 is 0. The summed E-state index contributed by atoms with van der Waals surface area (Å²) >= 11 is 0. The predicted molar refractivity (Wildman–Crippen MR) is 80.7 cm³/mol. The van der Waals surface area contributed by atoms with Crippen LogP contribution < -0.4 is 10.6 Å². The second-order valence-electron chi connectivity index (χ2n) is 6.97. The summed E-state index contributed by atoms with van der Waals surface area (Å²) in [5.41, 5.74) is 0. The lowest BCUT2D eigenvalue weighted by molar-refractivity contribution is -0.130. The van der Waals surface area contributed by atoms with Gasteiger partial charge >= 0.3 is 0 Å². The summed E-state index contributed by atoms with van der Waals surface area (Å²) in [4.78, 5) is 26.6. The minimum atomic E-state index is -0.139. The Hall–Kier alpha value is -1.10. The van der Waals surface area contributed by atoms with Crippen LogP contribution in [0.5, 0.6) is 0 Å². The first-order valence-corrected chi connectivity index (χ1v) is 8.45. The highest BCUT2D eigenvalue weighted by Crippen LogP contribution is 2.29. The molecule has 0 aromatic carbocycles. The van der Waals surface area contributed by atoms with E-state index in [0.717, 1.165) is 32.4 Å². The number of nitrogens with zero attached hydrogens (tertiary/aromatic N) is 1. The lowest BCUT2D eigenvalue weighted by Crippen LogP contribution is -2.50. The fraction of sp³-hybridized carbons (Fsp3) is 0.875. The molecule has 2 aliphatic heterocycles. The van der Waals surface area contributed by atoms with Crippen molar-refractivity contribution in [2.45, 2.75) is 57.5 Å². The average Bonchev–Trinajstić information content (AvgIpc) is 3.10. The summed E-state index contributed by atoms with van der Waals surface area (Å²) in [6, 6.07) is 0.655. The van der Waals surface area contributed by atoms with Crippen molar-refractivity contribution in [3.8, 4) is 0 Å². The topological polar surface area (TPSA) is 61.4 Å². The van der Waals surface area contributed by atoms with Crippen LogP contribution in [0.1, 0.15) is 45.4 Å². The molecule has 2 saturated heterocycles. The summed E-state index contributed by atoms with van der Waals surface area (Å²) in [6.45, 7) is 4.73. The standard InChI is InChI=1S/C16H27N3O2/c1-11-9-17-7-6-14(11)18-16(21)12-8-15(20)19(10-12)13-4-2-3-5-13/h11-14,17H,2-10H2,1H3,(H,18,21). The van der Waals surface area contributed by atoms with E-state index in [-0.39, 0.29) is 23.8 Å². The number of carbonyl (C=O) groups is 2. The summed E-state index contributed by atoms with van der Waals surface area (Å²) in [5.74, 6) is 0.592. The molecule has 1 saturated carbocycles. The Morgan fingerprint density at radius 2 is 2.05 bits per heavy atom. The highest BCUT2D eigenvalue weighted by atomic mass is 16.2. The van der Waals surface area contributed by atoms with E-state index in [2.05, 4.69) is 17.6 Å². The number of hydrogen-bond acceptors (Lipinski definition) is 3. The molecule has 3 aliphatic rings. The normalized spacial score (nSPS) is 34.4. The van der Waals surface area contributed by atoms with Crippen molar-refractivity contribution in [1.82, 2.24) is 15.5 Å². The van der Waals surface area contributed by atoms with Crippen molar-refractivity contribution in [1.29, 1.82) is 0 Å². The highest BCUT2D eigenvalue weighted by molar-refractivity contribution is 5.89. The van der Waals surface area contributed by atoms with Gasteiger partial charge in [-0.05, 0) is 38.3 Å². The third-order valence-electron chi connectivity index (χ3n) is 5.41. The maximum atomic E-state index is 12.5. The molecule has 0 spiro atoms. The van der Waals surface area contributed by atoms with Crippen molar-refractivity contribution in [3.05, 3.63) is 0 Å². The van der Waals surface area contributed by atoms with Crippen LogP contribution in [0.4, 0.5) is 0 Å². The molecule has 0 aromatic heterocycles. The van der Waals surface area contributed by atoms with E-state index in [1.807, 2.05) is 4.90 Å². The molecule has 2 heterocycles. The van der Waals surface area contributed by atoms with Crippen molar-refractivity contribution in [2.75, 3.05) is 19.6 Å². The second-order valence-corrected chi connectivity index (χ2v) is 6.97. The Labute approximate surface area is 126 Å². The molecule has 5 heteroatoms. The van der Waals surface area contributed by atoms with Crippen LogP contribution in [0.2, 0.25) is 0 Å². The van der Waals surface area contributed by atoms with E-state index in [0.29, 0.717) is 24.9 Å². The van der Waals surface area contributed by atoms with Gasteiger partial charge in [-0.3, -0.25) is 9.59 Å². The maximum Gasteiger partial charge on any atom is 0.225 e. The van der Waals surface area contributed by atoms with Crippen molar-refractivity contribution < 1.29 is 9.59 Å². The molecular weight excluding hydrogens is 266 g/mol. The van der Waals surface area contributed by atoms with Crippen molar-refractivity contribution in [2.24, 2.45) is 11.8 Å². The van der Waals surface area contributed by atoms with Gasteiger partial charge in [0.2, 0.25) is 11.8 Å². The van der Waals surface area contributed by atoms with Gasteiger partial charge in [0.1, 0.15) is 0 Å². The van der Waals surface area contributed by atoms with Gasteiger partial charge in [-0.2, -0.15) is 0 Å². The lowest BCUT2D eigenvalue weighted by atomic mass is 9.94. The van der Waals surface area contributed by atoms with Crippen LogP contribution in [-0.4, -0.2) is 48.4 Å². The number of likely N-dealkylation sites (tertiary alicyclic amines) is 1. The van der Waals surface area contributed by atoms with Crippen LogP contribution in [-0.2, 0) is 9.59 Å². The Morgan fingerprint density at radius 1 is 1.29 bits per heavy atom. The molecule has 1 aliphatic carbocycles. The number of carbonyl (C=O) groups excluding carboxylic acids is 2. The summed E-state index contributed by atoms with van der Waals surface area (Å²) in [5, 5.41) is 6.53. The Bertz CT molecular complexity index is 406. The smallest absolute Gasteiger partial charge is 0.225 e. The van der Waals surface area contributed by atoms with E-state index < -0.39 is 0 Å². The molecule has 2 amide bonds. The zero-order chi connectivity index (χ0) is 14.8. The first kappa shape index (κ1) is 14.8. The number of piperidine rings is 1. The average molecular weight is 293 g/mol. The number of hydrogen-bond donors (Lipinski definition) is 2. The quantitative estimate of drug-likeness (QED) is 0.812. The molecule has 0 bridgehead atoms. The molecule has 2 N–H and O–H groups in total. The van der Waals surface area contributed by atoms with Crippen LogP contribution in [0.3, 0.4) is 0 Å². The molecule has 0 radical (unpaired) electrons. The van der Waals surface area contributed by atoms with Gasteiger partial charge in [-0.15, -0.1) is 0 Å². The first-order chi connectivity index (χ1) is 10.1. The molecule has 0 aromatic rings. The Balaban J connectivity index is 1.54. The minimum absolute atomic E-state index is 0.0857. The molecule has 3 unspecified atom stereocenters. The number of rotatable bonds is 3.